The summed E-state index contributed by atoms with van der Waals surface area (Å²) in [4.78, 5) is 18.0. The van der Waals surface area contributed by atoms with Crippen LogP contribution in [0.5, 0.6) is 5.88 Å². The summed E-state index contributed by atoms with van der Waals surface area (Å²) < 4.78 is 11.9. The molecule has 0 saturated heterocycles. The highest BCUT2D eigenvalue weighted by Crippen LogP contribution is 2.78. The molecule has 0 aromatic carbocycles. The normalized spacial score (nSPS) is 45.2. The summed E-state index contributed by atoms with van der Waals surface area (Å²) in [6.07, 6.45) is 22.3. The minimum atomic E-state index is -0.728. The number of rotatable bonds is 7. The number of aromatic nitrogens is 1. The molecule has 7 rings (SSSR count). The van der Waals surface area contributed by atoms with Crippen LogP contribution in [-0.2, 0) is 9.53 Å². The Morgan fingerprint density at radius 1 is 0.959 bits per heavy atom. The zero-order valence-corrected chi connectivity index (χ0v) is 31.7. The number of ether oxygens (including phenoxy) is 2. The zero-order chi connectivity index (χ0) is 35.1. The van der Waals surface area contributed by atoms with Gasteiger partial charge in [-0.1, -0.05) is 76.6 Å². The Kier molecular flexibility index (Phi) is 8.45. The van der Waals surface area contributed by atoms with Gasteiger partial charge >= 0.3 is 5.97 Å². The van der Waals surface area contributed by atoms with Crippen LogP contribution in [0.15, 0.2) is 60.3 Å². The second-order valence-electron chi connectivity index (χ2n) is 18.9. The van der Waals surface area contributed by atoms with E-state index in [2.05, 4.69) is 64.8 Å². The monoisotopic (exact) mass is 668 g/mol. The SMILES string of the molecule is C=C(C)[C@@]1(C2=CCC(COc3ccccn3)(C(=O)OCC)CC2)CC[C@@]2(N)CC[C@]3(C)[C@H](CC[C@@H]4[C@@]5(C)CC=CC(C)(C)[C@H]5CC[C@]43C)[C@@H]21. The van der Waals surface area contributed by atoms with E-state index < -0.39 is 5.41 Å². The fourth-order valence-electron chi connectivity index (χ4n) is 14.1. The summed E-state index contributed by atoms with van der Waals surface area (Å²) in [5.74, 6) is 2.79. The van der Waals surface area contributed by atoms with Crippen LogP contribution in [0.2, 0.25) is 0 Å². The molecule has 49 heavy (non-hydrogen) atoms. The number of hydrogen-bond donors (Lipinski definition) is 1. The Balaban J connectivity index is 1.24. The first-order valence-electron chi connectivity index (χ1n) is 19.7. The van der Waals surface area contributed by atoms with Gasteiger partial charge in [0.25, 0.3) is 0 Å². The molecule has 1 heterocycles. The van der Waals surface area contributed by atoms with Crippen LogP contribution < -0.4 is 10.5 Å². The van der Waals surface area contributed by atoms with E-state index in [-0.39, 0.29) is 39.8 Å². The average Bonchev–Trinajstić information content (AvgIpc) is 3.39. The van der Waals surface area contributed by atoms with Crippen LogP contribution in [-0.4, -0.2) is 29.7 Å². The fraction of sp³-hybridized carbons (Fsp3) is 0.727. The van der Waals surface area contributed by atoms with Gasteiger partial charge in [-0.3, -0.25) is 4.79 Å². The molecule has 4 fully saturated rings. The number of carbonyl (C=O) groups is 1. The Bertz CT molecular complexity index is 1530. The number of hydrogen-bond acceptors (Lipinski definition) is 5. The van der Waals surface area contributed by atoms with Crippen molar-refractivity contribution >= 4 is 5.97 Å². The van der Waals surface area contributed by atoms with E-state index in [1.54, 1.807) is 6.20 Å². The number of pyridine rings is 1. The van der Waals surface area contributed by atoms with Gasteiger partial charge in [0, 0.05) is 23.2 Å². The summed E-state index contributed by atoms with van der Waals surface area (Å²) in [7, 11) is 0. The van der Waals surface area contributed by atoms with E-state index in [1.807, 2.05) is 25.1 Å². The third kappa shape index (κ3) is 4.93. The summed E-state index contributed by atoms with van der Waals surface area (Å²) in [5.41, 5.74) is 10.5. The van der Waals surface area contributed by atoms with Crippen molar-refractivity contribution in [1.82, 2.24) is 4.98 Å². The van der Waals surface area contributed by atoms with E-state index in [4.69, 9.17) is 21.8 Å². The van der Waals surface area contributed by atoms with E-state index in [0.717, 1.165) is 37.5 Å². The molecule has 0 spiro atoms. The van der Waals surface area contributed by atoms with Crippen molar-refractivity contribution in [1.29, 1.82) is 0 Å². The fourth-order valence-corrected chi connectivity index (χ4v) is 14.1. The van der Waals surface area contributed by atoms with Crippen molar-refractivity contribution in [3.8, 4) is 5.88 Å². The van der Waals surface area contributed by atoms with Gasteiger partial charge in [0.15, 0.2) is 0 Å². The Labute approximate surface area is 297 Å². The smallest absolute Gasteiger partial charge is 0.315 e. The lowest BCUT2D eigenvalue weighted by Gasteiger charge is -2.72. The number of carbonyl (C=O) groups excluding carboxylic acids is 1. The zero-order valence-electron chi connectivity index (χ0n) is 31.7. The van der Waals surface area contributed by atoms with Crippen LogP contribution in [0.4, 0.5) is 0 Å². The molecule has 0 bridgehead atoms. The van der Waals surface area contributed by atoms with E-state index in [1.165, 1.54) is 49.7 Å². The summed E-state index contributed by atoms with van der Waals surface area (Å²) in [5, 5.41) is 0. The second kappa shape index (κ2) is 11.8. The molecule has 5 heteroatoms. The van der Waals surface area contributed by atoms with E-state index in [9.17, 15) is 4.79 Å². The molecule has 6 aliphatic rings. The summed E-state index contributed by atoms with van der Waals surface area (Å²) in [6.45, 7) is 22.7. The second-order valence-corrected chi connectivity index (χ2v) is 18.9. The van der Waals surface area contributed by atoms with Crippen molar-refractivity contribution in [3.05, 3.63) is 60.3 Å². The maximum Gasteiger partial charge on any atom is 0.315 e. The number of allylic oxidation sites excluding steroid dienone is 5. The van der Waals surface area contributed by atoms with Crippen LogP contribution in [0.1, 0.15) is 126 Å². The molecule has 5 nitrogen and oxygen atoms in total. The molecule has 4 saturated carbocycles. The van der Waals surface area contributed by atoms with Crippen LogP contribution in [0, 0.1) is 56.2 Å². The number of nitrogens with zero attached hydrogens (tertiary/aromatic N) is 1. The molecule has 10 atom stereocenters. The molecule has 0 radical (unpaired) electrons. The Morgan fingerprint density at radius 3 is 2.41 bits per heavy atom. The lowest BCUT2D eigenvalue weighted by atomic mass is 9.32. The van der Waals surface area contributed by atoms with Gasteiger partial charge in [-0.05, 0) is 142 Å². The van der Waals surface area contributed by atoms with E-state index >= 15 is 0 Å². The lowest BCUT2D eigenvalue weighted by molar-refractivity contribution is -0.221. The van der Waals surface area contributed by atoms with Crippen molar-refractivity contribution in [3.63, 3.8) is 0 Å². The van der Waals surface area contributed by atoms with Gasteiger partial charge in [0.2, 0.25) is 5.88 Å². The van der Waals surface area contributed by atoms with Crippen molar-refractivity contribution < 1.29 is 14.3 Å². The highest BCUT2D eigenvalue weighted by atomic mass is 16.5. The van der Waals surface area contributed by atoms with Gasteiger partial charge in [0.1, 0.15) is 12.0 Å². The molecular formula is C44H64N2O3. The molecule has 268 valence electrons. The number of nitrogens with two attached hydrogens (primary N) is 1. The third-order valence-corrected chi connectivity index (χ3v) is 16.6. The van der Waals surface area contributed by atoms with Crippen molar-refractivity contribution in [2.45, 2.75) is 131 Å². The largest absolute Gasteiger partial charge is 0.476 e. The van der Waals surface area contributed by atoms with Gasteiger partial charge in [0.05, 0.1) is 6.61 Å². The highest BCUT2D eigenvalue weighted by Gasteiger charge is 2.72. The standard InChI is InChI=1S/C44H64N2O3/c1-9-48-37(47)42(29-49-35-13-10-11-28-46-35)22-16-31(17-23-42)44(30(2)3)27-26-43(45)25-24-40(7)32(36(43)44)14-15-34-39(6)20-12-19-38(4,5)33(39)18-21-41(34,40)8/h10-13,16,19,28,32-34,36H,2,9,14-15,17-18,20-27,29,45H2,1,3-8H3/t32-,33-,34-,36+,39+,40-,41-,42?,43+,44-/m1/s1. The lowest BCUT2D eigenvalue weighted by Crippen LogP contribution is -2.68. The Morgan fingerprint density at radius 2 is 1.73 bits per heavy atom. The van der Waals surface area contributed by atoms with Gasteiger partial charge in [-0.2, -0.15) is 0 Å². The molecule has 1 unspecified atom stereocenters. The van der Waals surface area contributed by atoms with Crippen LogP contribution in [0.25, 0.3) is 0 Å². The summed E-state index contributed by atoms with van der Waals surface area (Å²) in [6, 6.07) is 5.65. The quantitative estimate of drug-likeness (QED) is 0.231. The first-order chi connectivity index (χ1) is 23.1. The highest BCUT2D eigenvalue weighted by molar-refractivity contribution is 5.77. The molecule has 6 aliphatic carbocycles. The van der Waals surface area contributed by atoms with Crippen molar-refractivity contribution in [2.24, 2.45) is 61.9 Å². The molecule has 0 amide bonds. The molecule has 0 aliphatic heterocycles. The van der Waals surface area contributed by atoms with Crippen LogP contribution in [0.3, 0.4) is 0 Å². The summed E-state index contributed by atoms with van der Waals surface area (Å²) >= 11 is 0. The van der Waals surface area contributed by atoms with Gasteiger partial charge in [-0.25, -0.2) is 4.98 Å². The first-order valence-corrected chi connectivity index (χ1v) is 19.7. The predicted molar refractivity (Wildman–Crippen MR) is 198 cm³/mol. The average molecular weight is 669 g/mol. The minimum absolute atomic E-state index is 0.135. The Hall–Kier alpha value is -2.40. The van der Waals surface area contributed by atoms with Gasteiger partial charge in [-0.15, -0.1) is 0 Å². The maximum atomic E-state index is 13.6. The van der Waals surface area contributed by atoms with E-state index in [0.29, 0.717) is 42.6 Å². The maximum absolute atomic E-state index is 13.6. The van der Waals surface area contributed by atoms with Crippen molar-refractivity contribution in [2.75, 3.05) is 13.2 Å². The topological polar surface area (TPSA) is 74.4 Å². The van der Waals surface area contributed by atoms with Crippen LogP contribution >= 0.6 is 0 Å². The minimum Gasteiger partial charge on any atom is -0.476 e. The molecule has 2 N–H and O–H groups in total. The predicted octanol–water partition coefficient (Wildman–Crippen LogP) is 10.0. The third-order valence-electron chi connectivity index (χ3n) is 16.6. The van der Waals surface area contributed by atoms with Gasteiger partial charge < -0.3 is 15.2 Å². The number of esters is 1. The molecular weight excluding hydrogens is 604 g/mol. The number of fused-ring (bicyclic) bond motifs is 7. The first kappa shape index (κ1) is 35.0. The molecule has 1 aromatic heterocycles. The molecule has 1 aromatic rings.